The van der Waals surface area contributed by atoms with Gasteiger partial charge in [0.05, 0.1) is 17.3 Å². The lowest BCUT2D eigenvalue weighted by atomic mass is 9.82. The maximum Gasteiger partial charge on any atom is 0.284 e. The second-order valence-corrected chi connectivity index (χ2v) is 6.47. The average molecular weight is 345 g/mol. The van der Waals surface area contributed by atoms with Crippen molar-refractivity contribution in [2.45, 2.75) is 32.2 Å². The van der Waals surface area contributed by atoms with Crippen molar-refractivity contribution in [2.24, 2.45) is 5.92 Å². The Kier molecular flexibility index (Phi) is 3.74. The number of alkyl halides is 2. The third kappa shape index (κ3) is 2.77. The van der Waals surface area contributed by atoms with Gasteiger partial charge in [-0.2, -0.15) is 5.10 Å². The summed E-state index contributed by atoms with van der Waals surface area (Å²) in [5.74, 6) is 0.0886. The van der Waals surface area contributed by atoms with Crippen LogP contribution in [0.4, 0.5) is 14.5 Å². The van der Waals surface area contributed by atoms with Crippen LogP contribution in [0.1, 0.15) is 48.3 Å². The molecule has 8 heteroatoms. The van der Waals surface area contributed by atoms with Crippen LogP contribution in [0.2, 0.25) is 0 Å². The van der Waals surface area contributed by atoms with Crippen molar-refractivity contribution in [2.75, 3.05) is 5.32 Å². The minimum atomic E-state index is -2.75. The normalized spacial score (nSPS) is 20.0. The molecular weight excluding hydrogens is 328 g/mol. The summed E-state index contributed by atoms with van der Waals surface area (Å²) in [7, 11) is 0. The Bertz CT molecular complexity index is 926. The summed E-state index contributed by atoms with van der Waals surface area (Å²) in [6, 6.07) is 3.47. The number of nitrogens with one attached hydrogen (secondary N) is 1. The topological polar surface area (TPSA) is 64.2 Å². The zero-order valence-corrected chi connectivity index (χ0v) is 13.6. The molecule has 1 aliphatic rings. The number of carbonyl (C=O) groups is 1. The molecule has 0 aromatic carbocycles. The molecule has 1 aliphatic carbocycles. The highest BCUT2D eigenvalue weighted by Crippen LogP contribution is 2.38. The van der Waals surface area contributed by atoms with Crippen molar-refractivity contribution in [1.29, 1.82) is 0 Å². The molecule has 3 heterocycles. The molecule has 0 unspecified atom stereocenters. The average Bonchev–Trinajstić information content (AvgIpc) is 3.15. The Labute approximate surface area is 142 Å². The number of anilines is 1. The third-order valence-electron chi connectivity index (χ3n) is 4.60. The van der Waals surface area contributed by atoms with E-state index in [1.54, 1.807) is 39.8 Å². The number of hydrogen-bond donors (Lipinski definition) is 1. The monoisotopic (exact) mass is 345 g/mol. The fourth-order valence-electron chi connectivity index (χ4n) is 3.23. The number of aromatic nitrogens is 4. The number of halogens is 2. The second-order valence-electron chi connectivity index (χ2n) is 6.47. The van der Waals surface area contributed by atoms with Gasteiger partial charge in [0.25, 0.3) is 12.3 Å². The van der Waals surface area contributed by atoms with Gasteiger partial charge in [-0.15, -0.1) is 0 Å². The van der Waals surface area contributed by atoms with Gasteiger partial charge in [0.15, 0.2) is 5.69 Å². The molecule has 0 atom stereocenters. The van der Waals surface area contributed by atoms with Crippen molar-refractivity contribution < 1.29 is 13.6 Å². The number of hydrogen-bond acceptors (Lipinski definition) is 3. The van der Waals surface area contributed by atoms with Crippen molar-refractivity contribution in [3.8, 4) is 0 Å². The Morgan fingerprint density at radius 2 is 2.16 bits per heavy atom. The van der Waals surface area contributed by atoms with E-state index in [-0.39, 0.29) is 11.7 Å². The zero-order valence-electron chi connectivity index (χ0n) is 13.6. The Morgan fingerprint density at radius 3 is 2.88 bits per heavy atom. The highest BCUT2D eigenvalue weighted by molar-refractivity contribution is 6.08. The second kappa shape index (κ2) is 5.94. The molecule has 130 valence electrons. The van der Waals surface area contributed by atoms with E-state index in [9.17, 15) is 13.6 Å². The summed E-state index contributed by atoms with van der Waals surface area (Å²) in [6.45, 7) is 2.11. The molecule has 1 saturated carbocycles. The minimum absolute atomic E-state index is 0.0508. The number of rotatable bonds is 4. The van der Waals surface area contributed by atoms with Gasteiger partial charge in [-0.25, -0.2) is 13.8 Å². The summed E-state index contributed by atoms with van der Waals surface area (Å²) in [5, 5.41) is 6.56. The third-order valence-corrected chi connectivity index (χ3v) is 4.60. The van der Waals surface area contributed by atoms with E-state index in [1.807, 2.05) is 0 Å². The number of amides is 1. The molecule has 25 heavy (non-hydrogen) atoms. The van der Waals surface area contributed by atoms with Gasteiger partial charge < -0.3 is 9.72 Å². The summed E-state index contributed by atoms with van der Waals surface area (Å²) in [5.41, 5.74) is 0.448. The molecule has 1 amide bonds. The van der Waals surface area contributed by atoms with Crippen LogP contribution < -0.4 is 5.32 Å². The predicted molar refractivity (Wildman–Crippen MR) is 87.8 cm³/mol. The SMILES string of the molecule is CC1CC(n2cc(NC(=O)c3ccn4cccnc34)c(C(F)F)n2)C1. The minimum Gasteiger partial charge on any atom is -0.319 e. The molecule has 0 bridgehead atoms. The molecule has 6 nitrogen and oxygen atoms in total. The van der Waals surface area contributed by atoms with Crippen LogP contribution in [0.5, 0.6) is 0 Å². The molecular formula is C17H17F2N5O. The highest BCUT2D eigenvalue weighted by atomic mass is 19.3. The fourth-order valence-corrected chi connectivity index (χ4v) is 3.23. The van der Waals surface area contributed by atoms with Gasteiger partial charge in [0.2, 0.25) is 0 Å². The number of nitrogens with zero attached hydrogens (tertiary/aromatic N) is 4. The lowest BCUT2D eigenvalue weighted by Crippen LogP contribution is -2.25. The summed E-state index contributed by atoms with van der Waals surface area (Å²) in [6.07, 6.45) is 5.60. The van der Waals surface area contributed by atoms with E-state index in [0.29, 0.717) is 17.1 Å². The predicted octanol–water partition coefficient (Wildman–Crippen LogP) is 3.69. The Hall–Kier alpha value is -2.77. The molecule has 0 spiro atoms. The van der Waals surface area contributed by atoms with Crippen LogP contribution in [0.25, 0.3) is 5.65 Å². The molecule has 0 saturated heterocycles. The fraction of sp³-hybridized carbons (Fsp3) is 0.353. The summed E-state index contributed by atoms with van der Waals surface area (Å²) in [4.78, 5) is 16.7. The molecule has 3 aromatic rings. The Morgan fingerprint density at radius 1 is 1.36 bits per heavy atom. The highest BCUT2D eigenvalue weighted by Gasteiger charge is 2.30. The molecule has 0 radical (unpaired) electrons. The van der Waals surface area contributed by atoms with Crippen LogP contribution >= 0.6 is 0 Å². The quantitative estimate of drug-likeness (QED) is 0.784. The van der Waals surface area contributed by atoms with Crippen LogP contribution in [-0.2, 0) is 0 Å². The zero-order chi connectivity index (χ0) is 17.6. The standard InChI is InChI=1S/C17H17F2N5O/c1-10-7-11(8-10)24-9-13(14(22-24)15(18)19)21-17(25)12-3-6-23-5-2-4-20-16(12)23/h2-6,9-11,15H,7-8H2,1H3,(H,21,25). The van der Waals surface area contributed by atoms with E-state index >= 15 is 0 Å². The van der Waals surface area contributed by atoms with Crippen molar-refractivity contribution in [3.63, 3.8) is 0 Å². The largest absolute Gasteiger partial charge is 0.319 e. The van der Waals surface area contributed by atoms with Gasteiger partial charge in [0.1, 0.15) is 5.65 Å². The smallest absolute Gasteiger partial charge is 0.284 e. The Balaban J connectivity index is 1.62. The van der Waals surface area contributed by atoms with Crippen molar-refractivity contribution in [3.05, 3.63) is 48.2 Å². The van der Waals surface area contributed by atoms with Crippen LogP contribution in [0.3, 0.4) is 0 Å². The van der Waals surface area contributed by atoms with Gasteiger partial charge in [-0.1, -0.05) is 6.92 Å². The molecule has 4 rings (SSSR count). The first-order valence-electron chi connectivity index (χ1n) is 8.13. The lowest BCUT2D eigenvalue weighted by molar-refractivity contribution is 0.102. The number of carbonyl (C=O) groups excluding carboxylic acids is 1. The summed E-state index contributed by atoms with van der Waals surface area (Å²) >= 11 is 0. The molecule has 1 fully saturated rings. The number of fused-ring (bicyclic) bond motifs is 1. The summed E-state index contributed by atoms with van der Waals surface area (Å²) < 4.78 is 29.9. The molecule has 3 aromatic heterocycles. The van der Waals surface area contributed by atoms with Crippen molar-refractivity contribution in [1.82, 2.24) is 19.2 Å². The van der Waals surface area contributed by atoms with Gasteiger partial charge >= 0.3 is 0 Å². The van der Waals surface area contributed by atoms with Crippen LogP contribution in [0.15, 0.2) is 36.9 Å². The maximum atomic E-state index is 13.3. The van der Waals surface area contributed by atoms with E-state index in [4.69, 9.17) is 0 Å². The van der Waals surface area contributed by atoms with E-state index in [2.05, 4.69) is 22.3 Å². The van der Waals surface area contributed by atoms with Gasteiger partial charge in [-0.05, 0) is 30.9 Å². The first-order chi connectivity index (χ1) is 12.0. The lowest BCUT2D eigenvalue weighted by Gasteiger charge is -2.32. The first kappa shape index (κ1) is 15.7. The molecule has 1 N–H and O–H groups in total. The van der Waals surface area contributed by atoms with Gasteiger partial charge in [-0.3, -0.25) is 9.48 Å². The van der Waals surface area contributed by atoms with Crippen LogP contribution in [0, 0.1) is 5.92 Å². The maximum absolute atomic E-state index is 13.3. The molecule has 0 aliphatic heterocycles. The van der Waals surface area contributed by atoms with Crippen molar-refractivity contribution >= 4 is 17.2 Å². The van der Waals surface area contributed by atoms with E-state index < -0.39 is 18.0 Å². The first-order valence-corrected chi connectivity index (χ1v) is 8.13. The van der Waals surface area contributed by atoms with Crippen LogP contribution in [-0.4, -0.2) is 25.1 Å². The van der Waals surface area contributed by atoms with E-state index in [1.165, 1.54) is 6.20 Å². The van der Waals surface area contributed by atoms with E-state index in [0.717, 1.165) is 12.8 Å². The van der Waals surface area contributed by atoms with Gasteiger partial charge in [0, 0.05) is 24.8 Å².